The summed E-state index contributed by atoms with van der Waals surface area (Å²) < 4.78 is 0. The zero-order valence-electron chi connectivity index (χ0n) is 17.0. The van der Waals surface area contributed by atoms with Crippen LogP contribution in [0.5, 0.6) is 0 Å². The Balaban J connectivity index is 1.59. The molecule has 2 aromatic carbocycles. The topological polar surface area (TPSA) is 126 Å². The van der Waals surface area contributed by atoms with Gasteiger partial charge in [0.25, 0.3) is 11.8 Å². The van der Waals surface area contributed by atoms with E-state index in [0.29, 0.717) is 27.8 Å². The van der Waals surface area contributed by atoms with Gasteiger partial charge in [-0.15, -0.1) is 15.0 Å². The second kappa shape index (κ2) is 8.89. The van der Waals surface area contributed by atoms with Crippen molar-refractivity contribution in [3.8, 4) is 6.07 Å². The average molecular weight is 423 g/mol. The van der Waals surface area contributed by atoms with Gasteiger partial charge in [0.05, 0.1) is 0 Å². The summed E-state index contributed by atoms with van der Waals surface area (Å²) in [6.07, 6.45) is 4.90. The number of hydrogen-bond donors (Lipinski definition) is 2. The Kier molecular flexibility index (Phi) is 5.68. The van der Waals surface area contributed by atoms with Crippen LogP contribution in [0.1, 0.15) is 26.3 Å². The number of allylic oxidation sites excluding steroid dienone is 1. The number of nitrogens with zero attached hydrogens (tertiary/aromatic N) is 5. The summed E-state index contributed by atoms with van der Waals surface area (Å²) in [7, 11) is 1.54. The number of pyridine rings is 1. The van der Waals surface area contributed by atoms with E-state index in [9.17, 15) is 14.9 Å². The largest absolute Gasteiger partial charge is 0.355 e. The summed E-state index contributed by atoms with van der Waals surface area (Å²) in [5.41, 5.74) is 3.32. The molecule has 0 saturated heterocycles. The van der Waals surface area contributed by atoms with E-state index in [-0.39, 0.29) is 17.5 Å². The predicted octanol–water partition coefficient (Wildman–Crippen LogP) is 2.96. The number of hydrogen-bond acceptors (Lipinski definition) is 6. The van der Waals surface area contributed by atoms with Crippen LogP contribution >= 0.6 is 0 Å². The van der Waals surface area contributed by atoms with Crippen molar-refractivity contribution in [2.45, 2.75) is 0 Å². The third-order valence-electron chi connectivity index (χ3n) is 4.59. The lowest BCUT2D eigenvalue weighted by Gasteiger charge is -2.07. The second-order valence-corrected chi connectivity index (χ2v) is 6.73. The van der Waals surface area contributed by atoms with E-state index >= 15 is 0 Å². The Morgan fingerprint density at radius 1 is 0.969 bits per heavy atom. The highest BCUT2D eigenvalue weighted by Gasteiger charge is 2.12. The SMILES string of the molecule is CNC(=O)c1cccc(NC(=O)c2ccc3nn(/C(C#N)=C/c4ccncc4)nc3c2)c1. The van der Waals surface area contributed by atoms with Gasteiger partial charge in [0.2, 0.25) is 0 Å². The summed E-state index contributed by atoms with van der Waals surface area (Å²) in [6, 6.07) is 17.1. The van der Waals surface area contributed by atoms with E-state index in [4.69, 9.17) is 0 Å². The molecular formula is C23H17N7O2. The number of aromatic nitrogens is 4. The highest BCUT2D eigenvalue weighted by molar-refractivity contribution is 6.06. The Hall–Kier alpha value is -4.84. The fraction of sp³-hybridized carbons (Fsp3) is 0.0435. The summed E-state index contributed by atoms with van der Waals surface area (Å²) in [5, 5.41) is 23.5. The molecule has 0 aliphatic carbocycles. The number of nitriles is 1. The molecule has 4 rings (SSSR count). The molecule has 2 N–H and O–H groups in total. The van der Waals surface area contributed by atoms with Crippen molar-refractivity contribution in [2.75, 3.05) is 12.4 Å². The smallest absolute Gasteiger partial charge is 0.255 e. The second-order valence-electron chi connectivity index (χ2n) is 6.73. The molecule has 9 nitrogen and oxygen atoms in total. The molecule has 0 unspecified atom stereocenters. The first-order chi connectivity index (χ1) is 15.6. The number of carbonyl (C=O) groups is 2. The summed E-state index contributed by atoms with van der Waals surface area (Å²) in [5.74, 6) is -0.601. The number of anilines is 1. The molecule has 0 bridgehead atoms. The molecule has 4 aromatic rings. The average Bonchev–Trinajstić information content (AvgIpc) is 3.26. The van der Waals surface area contributed by atoms with Gasteiger partial charge in [-0.25, -0.2) is 0 Å². The van der Waals surface area contributed by atoms with E-state index in [1.165, 1.54) is 4.80 Å². The third-order valence-corrected chi connectivity index (χ3v) is 4.59. The van der Waals surface area contributed by atoms with Crippen molar-refractivity contribution in [1.82, 2.24) is 25.3 Å². The van der Waals surface area contributed by atoms with Gasteiger partial charge >= 0.3 is 0 Å². The molecule has 0 spiro atoms. The van der Waals surface area contributed by atoms with E-state index in [0.717, 1.165) is 5.56 Å². The highest BCUT2D eigenvalue weighted by atomic mass is 16.2. The number of fused-ring (bicyclic) bond motifs is 1. The molecular weight excluding hydrogens is 406 g/mol. The fourth-order valence-corrected chi connectivity index (χ4v) is 3.00. The van der Waals surface area contributed by atoms with Crippen molar-refractivity contribution >= 4 is 40.3 Å². The van der Waals surface area contributed by atoms with E-state index in [2.05, 4.69) is 31.9 Å². The van der Waals surface area contributed by atoms with Crippen LogP contribution in [-0.4, -0.2) is 38.8 Å². The van der Waals surface area contributed by atoms with Gasteiger partial charge in [0.1, 0.15) is 17.1 Å². The Bertz CT molecular complexity index is 1380. The minimum atomic E-state index is -0.358. The van der Waals surface area contributed by atoms with Crippen LogP contribution in [0.4, 0.5) is 5.69 Å². The van der Waals surface area contributed by atoms with E-state index in [1.54, 1.807) is 80.1 Å². The van der Waals surface area contributed by atoms with Crippen molar-refractivity contribution in [1.29, 1.82) is 5.26 Å². The summed E-state index contributed by atoms with van der Waals surface area (Å²) >= 11 is 0. The Labute approximate surface area is 183 Å². The minimum Gasteiger partial charge on any atom is -0.355 e. The molecule has 2 amide bonds. The predicted molar refractivity (Wildman–Crippen MR) is 119 cm³/mol. The number of amides is 2. The van der Waals surface area contributed by atoms with Crippen molar-refractivity contribution < 1.29 is 9.59 Å². The Morgan fingerprint density at radius 2 is 1.72 bits per heavy atom. The Morgan fingerprint density at radius 3 is 2.47 bits per heavy atom. The van der Waals surface area contributed by atoms with Crippen LogP contribution < -0.4 is 10.6 Å². The van der Waals surface area contributed by atoms with Crippen LogP contribution in [0, 0.1) is 11.3 Å². The number of carbonyl (C=O) groups excluding carboxylic acids is 2. The standard InChI is InChI=1S/C23H17N7O2/c1-25-22(31)16-3-2-4-18(12-16)27-23(32)17-5-6-20-21(13-17)29-30(28-20)19(14-24)11-15-7-9-26-10-8-15/h2-13H,1H3,(H,25,31)(H,27,32)/b19-11+. The first-order valence-electron chi connectivity index (χ1n) is 9.60. The van der Waals surface area contributed by atoms with E-state index in [1.807, 2.05) is 0 Å². The van der Waals surface area contributed by atoms with Gasteiger partial charge in [-0.05, 0) is 60.2 Å². The van der Waals surface area contributed by atoms with Crippen molar-refractivity contribution in [3.63, 3.8) is 0 Å². The van der Waals surface area contributed by atoms with Crippen molar-refractivity contribution in [3.05, 3.63) is 83.7 Å². The molecule has 0 fully saturated rings. The van der Waals surface area contributed by atoms with Crippen molar-refractivity contribution in [2.24, 2.45) is 0 Å². The minimum absolute atomic E-state index is 0.226. The molecule has 2 aromatic heterocycles. The maximum absolute atomic E-state index is 12.7. The lowest BCUT2D eigenvalue weighted by molar-refractivity contribution is 0.0961. The van der Waals surface area contributed by atoms with Gasteiger partial charge in [-0.2, -0.15) is 5.26 Å². The van der Waals surface area contributed by atoms with Gasteiger partial charge in [0, 0.05) is 36.3 Å². The maximum Gasteiger partial charge on any atom is 0.255 e. The molecule has 9 heteroatoms. The number of rotatable bonds is 5. The van der Waals surface area contributed by atoms with Crippen LogP contribution in [0.15, 0.2) is 67.0 Å². The van der Waals surface area contributed by atoms with Crippen LogP contribution in [-0.2, 0) is 0 Å². The normalized spacial score (nSPS) is 11.1. The highest BCUT2D eigenvalue weighted by Crippen LogP contribution is 2.17. The molecule has 0 radical (unpaired) electrons. The molecule has 32 heavy (non-hydrogen) atoms. The monoisotopic (exact) mass is 423 g/mol. The van der Waals surface area contributed by atoms with Crippen LogP contribution in [0.3, 0.4) is 0 Å². The lowest BCUT2D eigenvalue weighted by Crippen LogP contribution is -2.18. The first-order valence-corrected chi connectivity index (χ1v) is 9.60. The summed E-state index contributed by atoms with van der Waals surface area (Å²) in [6.45, 7) is 0. The van der Waals surface area contributed by atoms with E-state index < -0.39 is 0 Å². The lowest BCUT2D eigenvalue weighted by atomic mass is 10.1. The number of benzene rings is 2. The van der Waals surface area contributed by atoms with Crippen LogP contribution in [0.25, 0.3) is 22.8 Å². The van der Waals surface area contributed by atoms with Crippen LogP contribution in [0.2, 0.25) is 0 Å². The zero-order chi connectivity index (χ0) is 22.5. The molecule has 0 aliphatic rings. The quantitative estimate of drug-likeness (QED) is 0.475. The van der Waals surface area contributed by atoms with Gasteiger partial charge in [0.15, 0.2) is 5.70 Å². The molecule has 0 saturated carbocycles. The molecule has 0 aliphatic heterocycles. The number of nitrogens with one attached hydrogen (secondary N) is 2. The first kappa shape index (κ1) is 20.4. The van der Waals surface area contributed by atoms with Gasteiger partial charge in [-0.1, -0.05) is 6.07 Å². The maximum atomic E-state index is 12.7. The fourth-order valence-electron chi connectivity index (χ4n) is 3.00. The molecule has 156 valence electrons. The molecule has 0 atom stereocenters. The zero-order valence-corrected chi connectivity index (χ0v) is 17.0. The van der Waals surface area contributed by atoms with Gasteiger partial charge < -0.3 is 10.6 Å². The summed E-state index contributed by atoms with van der Waals surface area (Å²) in [4.78, 5) is 29.7. The third kappa shape index (κ3) is 4.34. The van der Waals surface area contributed by atoms with Gasteiger partial charge in [-0.3, -0.25) is 14.6 Å². The molecule has 2 heterocycles.